The smallest absolute Gasteiger partial charge is 0.252 e. The topological polar surface area (TPSA) is 44.4 Å². The van der Waals surface area contributed by atoms with Crippen molar-refractivity contribution in [3.63, 3.8) is 0 Å². The minimum absolute atomic E-state index is 0.0343. The summed E-state index contributed by atoms with van der Waals surface area (Å²) in [6.07, 6.45) is 10.6. The molecule has 2 N–H and O–H groups in total. The fourth-order valence-corrected chi connectivity index (χ4v) is 4.49. The number of hydrogen-bond donors (Lipinski definition) is 2. The van der Waals surface area contributed by atoms with E-state index < -0.39 is 0 Å². The number of rotatable bonds is 6. The van der Waals surface area contributed by atoms with Gasteiger partial charge in [-0.3, -0.25) is 9.69 Å². The molecule has 1 saturated heterocycles. The number of carbonyl (C=O) groups excluding carboxylic acids is 1. The van der Waals surface area contributed by atoms with Gasteiger partial charge in [0, 0.05) is 39.3 Å². The Hall–Kier alpha value is -1.10. The van der Waals surface area contributed by atoms with Gasteiger partial charge in [-0.25, -0.2) is 0 Å². The van der Waals surface area contributed by atoms with Crippen molar-refractivity contribution in [2.75, 3.05) is 32.7 Å². The van der Waals surface area contributed by atoms with Crippen molar-refractivity contribution >= 4 is 17.5 Å². The fraction of sp³-hybridized carbons (Fsp3) is 0.682. The Bertz CT molecular complexity index is 593. The molecule has 0 unspecified atom stereocenters. The number of benzene rings is 1. The molecule has 0 atom stereocenters. The monoisotopic (exact) mass is 391 g/mol. The number of hydrogen-bond acceptors (Lipinski definition) is 3. The highest BCUT2D eigenvalue weighted by Gasteiger charge is 2.16. The second-order valence-electron chi connectivity index (χ2n) is 8.10. The number of piperazine rings is 1. The normalized spacial score (nSPS) is 20.0. The Morgan fingerprint density at radius 2 is 1.81 bits per heavy atom. The number of nitrogens with zero attached hydrogens (tertiary/aromatic N) is 1. The zero-order chi connectivity index (χ0) is 18.9. The van der Waals surface area contributed by atoms with Gasteiger partial charge < -0.3 is 10.6 Å². The summed E-state index contributed by atoms with van der Waals surface area (Å²) in [5.74, 6) is 0.730. The first-order valence-electron chi connectivity index (χ1n) is 10.7. The van der Waals surface area contributed by atoms with Crippen molar-refractivity contribution in [2.24, 2.45) is 5.92 Å². The van der Waals surface area contributed by atoms with Gasteiger partial charge >= 0.3 is 0 Å². The average molecular weight is 392 g/mol. The third kappa shape index (κ3) is 6.78. The zero-order valence-electron chi connectivity index (χ0n) is 16.4. The van der Waals surface area contributed by atoms with Crippen LogP contribution in [0.1, 0.15) is 67.3 Å². The van der Waals surface area contributed by atoms with Crippen molar-refractivity contribution in [1.82, 2.24) is 15.5 Å². The third-order valence-corrected chi connectivity index (χ3v) is 6.28. The van der Waals surface area contributed by atoms with Gasteiger partial charge in [0.2, 0.25) is 0 Å². The number of nitrogens with one attached hydrogen (secondary N) is 2. The lowest BCUT2D eigenvalue weighted by molar-refractivity contribution is 0.0950. The minimum atomic E-state index is -0.0343. The van der Waals surface area contributed by atoms with Crippen LogP contribution in [0.25, 0.3) is 0 Å². The molecule has 27 heavy (non-hydrogen) atoms. The van der Waals surface area contributed by atoms with E-state index in [2.05, 4.69) is 15.5 Å². The molecule has 0 spiro atoms. The summed E-state index contributed by atoms with van der Waals surface area (Å²) >= 11 is 6.32. The second-order valence-corrected chi connectivity index (χ2v) is 8.50. The van der Waals surface area contributed by atoms with Gasteiger partial charge in [0.05, 0.1) is 10.6 Å². The van der Waals surface area contributed by atoms with Crippen molar-refractivity contribution in [1.29, 1.82) is 0 Å². The molecule has 0 aromatic heterocycles. The van der Waals surface area contributed by atoms with Crippen LogP contribution in [-0.2, 0) is 6.54 Å². The highest BCUT2D eigenvalue weighted by atomic mass is 35.5. The Balaban J connectivity index is 1.50. The lowest BCUT2D eigenvalue weighted by Crippen LogP contribution is -2.42. The van der Waals surface area contributed by atoms with Crippen molar-refractivity contribution < 1.29 is 4.79 Å². The van der Waals surface area contributed by atoms with Crippen LogP contribution in [0.15, 0.2) is 18.2 Å². The van der Waals surface area contributed by atoms with Gasteiger partial charge in [-0.1, -0.05) is 62.6 Å². The van der Waals surface area contributed by atoms with E-state index in [1.54, 1.807) is 0 Å². The Morgan fingerprint density at radius 1 is 1.11 bits per heavy atom. The summed E-state index contributed by atoms with van der Waals surface area (Å²) in [5.41, 5.74) is 1.77. The van der Waals surface area contributed by atoms with Gasteiger partial charge in [-0.05, 0) is 30.0 Å². The Kier molecular flexibility index (Phi) is 8.43. The quantitative estimate of drug-likeness (QED) is 0.762. The van der Waals surface area contributed by atoms with Gasteiger partial charge in [0.1, 0.15) is 0 Å². The molecular weight excluding hydrogens is 358 g/mol. The van der Waals surface area contributed by atoms with Crippen LogP contribution in [0, 0.1) is 5.92 Å². The molecule has 4 nitrogen and oxygen atoms in total. The van der Waals surface area contributed by atoms with Crippen molar-refractivity contribution in [3.05, 3.63) is 34.3 Å². The molecule has 3 rings (SSSR count). The summed E-state index contributed by atoms with van der Waals surface area (Å²) in [6.45, 7) is 5.78. The zero-order valence-corrected chi connectivity index (χ0v) is 17.2. The number of amides is 1. The first-order valence-corrected chi connectivity index (χ1v) is 11.1. The largest absolute Gasteiger partial charge is 0.352 e. The Labute approximate surface area is 169 Å². The molecule has 2 aliphatic rings. The van der Waals surface area contributed by atoms with Gasteiger partial charge in [-0.2, -0.15) is 0 Å². The minimum Gasteiger partial charge on any atom is -0.352 e. The van der Waals surface area contributed by atoms with Crippen LogP contribution in [-0.4, -0.2) is 43.5 Å². The Morgan fingerprint density at radius 3 is 2.56 bits per heavy atom. The predicted octanol–water partition coefficient (Wildman–Crippen LogP) is 4.23. The molecule has 1 heterocycles. The van der Waals surface area contributed by atoms with Crippen LogP contribution in [0.2, 0.25) is 5.02 Å². The summed E-state index contributed by atoms with van der Waals surface area (Å²) in [4.78, 5) is 15.1. The highest BCUT2D eigenvalue weighted by molar-refractivity contribution is 6.33. The average Bonchev–Trinajstić information content (AvgIpc) is 2.65. The van der Waals surface area contributed by atoms with E-state index in [1.165, 1.54) is 44.9 Å². The molecule has 150 valence electrons. The van der Waals surface area contributed by atoms with Crippen molar-refractivity contribution in [3.8, 4) is 0 Å². The van der Waals surface area contributed by atoms with Gasteiger partial charge in [0.25, 0.3) is 5.91 Å². The second kappa shape index (κ2) is 11.0. The standard InChI is InChI=1S/C22H34ClN3O/c23-21-9-8-19(17-26-14-12-24-13-15-26)16-20(21)22(27)25-11-10-18-6-4-2-1-3-5-7-18/h8-9,16,18,24H,1-7,10-15,17H2,(H,25,27). The van der Waals surface area contributed by atoms with E-state index in [-0.39, 0.29) is 5.91 Å². The lowest BCUT2D eigenvalue weighted by atomic mass is 9.89. The first-order chi connectivity index (χ1) is 13.2. The number of halogens is 1. The molecule has 0 radical (unpaired) electrons. The van der Waals surface area contributed by atoms with Crippen LogP contribution >= 0.6 is 11.6 Å². The van der Waals surface area contributed by atoms with Gasteiger partial charge in [0.15, 0.2) is 0 Å². The fourth-order valence-electron chi connectivity index (χ4n) is 4.29. The summed E-state index contributed by atoms with van der Waals surface area (Å²) in [7, 11) is 0. The van der Waals surface area contributed by atoms with Crippen LogP contribution < -0.4 is 10.6 Å². The third-order valence-electron chi connectivity index (χ3n) is 5.95. The summed E-state index contributed by atoms with van der Waals surface area (Å²) in [6, 6.07) is 5.87. The molecule has 1 aromatic rings. The summed E-state index contributed by atoms with van der Waals surface area (Å²) in [5, 5.41) is 7.02. The molecule has 1 aliphatic heterocycles. The van der Waals surface area contributed by atoms with Gasteiger partial charge in [-0.15, -0.1) is 0 Å². The maximum Gasteiger partial charge on any atom is 0.252 e. The van der Waals surface area contributed by atoms with E-state index in [1.807, 2.05) is 18.2 Å². The molecule has 1 aliphatic carbocycles. The molecule has 2 fully saturated rings. The molecule has 1 aromatic carbocycles. The first kappa shape index (κ1) is 20.6. The molecule has 1 amide bonds. The van der Waals surface area contributed by atoms with E-state index >= 15 is 0 Å². The highest BCUT2D eigenvalue weighted by Crippen LogP contribution is 2.24. The maximum absolute atomic E-state index is 12.7. The van der Waals surface area contributed by atoms with Crippen LogP contribution in [0.5, 0.6) is 0 Å². The van der Waals surface area contributed by atoms with Crippen molar-refractivity contribution in [2.45, 2.75) is 57.9 Å². The van der Waals surface area contributed by atoms with E-state index in [9.17, 15) is 4.79 Å². The molecule has 1 saturated carbocycles. The van der Waals surface area contributed by atoms with E-state index in [4.69, 9.17) is 11.6 Å². The lowest BCUT2D eigenvalue weighted by Gasteiger charge is -2.27. The maximum atomic E-state index is 12.7. The summed E-state index contributed by atoms with van der Waals surface area (Å²) < 4.78 is 0. The van der Waals surface area contributed by atoms with Crippen LogP contribution in [0.3, 0.4) is 0 Å². The van der Waals surface area contributed by atoms with Crippen LogP contribution in [0.4, 0.5) is 0 Å². The van der Waals surface area contributed by atoms with E-state index in [0.29, 0.717) is 10.6 Å². The molecule has 5 heteroatoms. The van der Waals surface area contributed by atoms with E-state index in [0.717, 1.165) is 57.2 Å². The predicted molar refractivity (Wildman–Crippen MR) is 112 cm³/mol. The SMILES string of the molecule is O=C(NCCC1CCCCCCC1)c1cc(CN2CCNCC2)ccc1Cl. The molecular formula is C22H34ClN3O. The number of carbonyl (C=O) groups is 1. The molecule has 0 bridgehead atoms.